The van der Waals surface area contributed by atoms with Gasteiger partial charge >= 0.3 is 6.18 Å². The number of amides is 1. The number of alkyl halides is 3. The van der Waals surface area contributed by atoms with Crippen LogP contribution in [-0.2, 0) is 4.79 Å². The van der Waals surface area contributed by atoms with Gasteiger partial charge in [0.25, 0.3) is 0 Å². The molecule has 2 N–H and O–H groups in total. The molecule has 0 aliphatic carbocycles. The van der Waals surface area contributed by atoms with E-state index in [1.165, 1.54) is 0 Å². The lowest BCUT2D eigenvalue weighted by molar-refractivity contribution is -0.115. The van der Waals surface area contributed by atoms with Crippen LogP contribution in [0, 0.1) is 0 Å². The molecule has 7 heteroatoms. The molecular formula is C11H13F3N2OS. The molecule has 0 saturated heterocycles. The van der Waals surface area contributed by atoms with E-state index in [0.717, 1.165) is 0 Å². The van der Waals surface area contributed by atoms with E-state index in [4.69, 9.17) is 0 Å². The molecule has 1 aromatic carbocycles. The van der Waals surface area contributed by atoms with Gasteiger partial charge in [-0.15, -0.1) is 11.8 Å². The maximum atomic E-state index is 12.1. The summed E-state index contributed by atoms with van der Waals surface area (Å²) in [5.41, 5.74) is 0.395. The molecule has 0 bridgehead atoms. The first-order valence-corrected chi connectivity index (χ1v) is 6.14. The summed E-state index contributed by atoms with van der Waals surface area (Å²) in [5, 5.41) is 5.22. The second-order valence-electron chi connectivity index (χ2n) is 3.48. The topological polar surface area (TPSA) is 41.1 Å². The zero-order valence-electron chi connectivity index (χ0n) is 9.67. The van der Waals surface area contributed by atoms with E-state index in [1.54, 1.807) is 31.3 Å². The van der Waals surface area contributed by atoms with Gasteiger partial charge in [0.15, 0.2) is 0 Å². The van der Waals surface area contributed by atoms with E-state index >= 15 is 0 Å². The fourth-order valence-electron chi connectivity index (χ4n) is 1.21. The van der Waals surface area contributed by atoms with Crippen molar-refractivity contribution in [1.82, 2.24) is 5.32 Å². The molecule has 0 aliphatic rings. The molecule has 0 radical (unpaired) electrons. The van der Waals surface area contributed by atoms with Crippen LogP contribution in [0.5, 0.6) is 0 Å². The minimum absolute atomic E-state index is 0.109. The number of carbonyl (C=O) groups excluding carboxylic acids is 1. The zero-order chi connectivity index (χ0) is 13.6. The van der Waals surface area contributed by atoms with Gasteiger partial charge in [0.2, 0.25) is 5.91 Å². The minimum Gasteiger partial charge on any atom is -0.324 e. The molecule has 3 nitrogen and oxygen atoms in total. The van der Waals surface area contributed by atoms with Crippen molar-refractivity contribution in [3.05, 3.63) is 24.3 Å². The maximum absolute atomic E-state index is 12.1. The fourth-order valence-corrected chi connectivity index (χ4v) is 1.98. The number of carbonyl (C=O) groups is 1. The number of benzene rings is 1. The van der Waals surface area contributed by atoms with E-state index < -0.39 is 11.9 Å². The Balaban J connectivity index is 2.70. The lowest BCUT2D eigenvalue weighted by Crippen LogP contribution is -2.25. The number of nitrogens with one attached hydrogen (secondary N) is 2. The highest BCUT2D eigenvalue weighted by Gasteiger charge is 2.27. The molecular weight excluding hydrogens is 265 g/mol. The minimum atomic E-state index is -4.23. The van der Waals surface area contributed by atoms with Crippen molar-refractivity contribution >= 4 is 23.4 Å². The van der Waals surface area contributed by atoms with Gasteiger partial charge in [-0.1, -0.05) is 12.1 Å². The molecule has 0 spiro atoms. The molecule has 0 fully saturated rings. The van der Waals surface area contributed by atoms with Crippen molar-refractivity contribution in [2.75, 3.05) is 24.7 Å². The first kappa shape index (κ1) is 14.8. The quantitative estimate of drug-likeness (QED) is 0.813. The van der Waals surface area contributed by atoms with Crippen LogP contribution in [0.25, 0.3) is 0 Å². The van der Waals surface area contributed by atoms with E-state index in [-0.39, 0.29) is 12.5 Å². The van der Waals surface area contributed by atoms with Crippen molar-refractivity contribution in [3.63, 3.8) is 0 Å². The Kier molecular flexibility index (Phi) is 5.49. The summed E-state index contributed by atoms with van der Waals surface area (Å²) in [6.07, 6.45) is -4.23. The van der Waals surface area contributed by atoms with E-state index in [0.29, 0.717) is 22.3 Å². The summed E-state index contributed by atoms with van der Waals surface area (Å²) < 4.78 is 36.4. The Bertz CT molecular complexity index is 410. The van der Waals surface area contributed by atoms with Crippen molar-refractivity contribution in [2.45, 2.75) is 11.1 Å². The standard InChI is InChI=1S/C11H13F3N2OS/c1-15-6-10(17)16-8-4-2-3-5-9(8)18-7-11(12,13)14/h2-5,15H,6-7H2,1H3,(H,16,17). The smallest absolute Gasteiger partial charge is 0.324 e. The second-order valence-corrected chi connectivity index (χ2v) is 4.50. The largest absolute Gasteiger partial charge is 0.398 e. The molecule has 18 heavy (non-hydrogen) atoms. The average Bonchev–Trinajstić information content (AvgIpc) is 2.27. The Morgan fingerprint density at radius 1 is 1.33 bits per heavy atom. The normalized spacial score (nSPS) is 11.3. The molecule has 0 saturated carbocycles. The average molecular weight is 278 g/mol. The number of rotatable bonds is 5. The predicted octanol–water partition coefficient (Wildman–Crippen LogP) is 2.50. The van der Waals surface area contributed by atoms with Gasteiger partial charge in [0.1, 0.15) is 0 Å². The molecule has 0 aliphatic heterocycles. The van der Waals surface area contributed by atoms with Gasteiger partial charge in [-0.25, -0.2) is 0 Å². The molecule has 0 atom stereocenters. The predicted molar refractivity (Wildman–Crippen MR) is 65.8 cm³/mol. The van der Waals surface area contributed by atoms with Crippen molar-refractivity contribution in [2.24, 2.45) is 0 Å². The molecule has 0 aromatic heterocycles. The Hall–Kier alpha value is -1.21. The summed E-state index contributed by atoms with van der Waals surface area (Å²) in [6, 6.07) is 6.41. The number of para-hydroxylation sites is 1. The van der Waals surface area contributed by atoms with Gasteiger partial charge in [-0.2, -0.15) is 13.2 Å². The third-order valence-corrected chi connectivity index (χ3v) is 3.03. The summed E-state index contributed by atoms with van der Waals surface area (Å²) >= 11 is 0.654. The van der Waals surface area contributed by atoms with Crippen LogP contribution in [0.1, 0.15) is 0 Å². The monoisotopic (exact) mass is 278 g/mol. The Labute approximate surface area is 107 Å². The van der Waals surface area contributed by atoms with Crippen LogP contribution in [0.3, 0.4) is 0 Å². The maximum Gasteiger partial charge on any atom is 0.398 e. The third kappa shape index (κ3) is 5.42. The van der Waals surface area contributed by atoms with Crippen LogP contribution in [0.4, 0.5) is 18.9 Å². The van der Waals surface area contributed by atoms with Crippen LogP contribution >= 0.6 is 11.8 Å². The number of hydrogen-bond donors (Lipinski definition) is 2. The number of halogens is 3. The number of thioether (sulfide) groups is 1. The van der Waals surface area contributed by atoms with Gasteiger partial charge in [0.05, 0.1) is 18.0 Å². The number of anilines is 1. The first-order chi connectivity index (χ1) is 8.42. The van der Waals surface area contributed by atoms with Crippen molar-refractivity contribution in [1.29, 1.82) is 0 Å². The second kappa shape index (κ2) is 6.65. The summed E-state index contributed by atoms with van der Waals surface area (Å²) in [7, 11) is 1.61. The lowest BCUT2D eigenvalue weighted by Gasteiger charge is -2.11. The highest BCUT2D eigenvalue weighted by Crippen LogP contribution is 2.31. The molecule has 1 aromatic rings. The fraction of sp³-hybridized carbons (Fsp3) is 0.364. The van der Waals surface area contributed by atoms with E-state index in [9.17, 15) is 18.0 Å². The molecule has 1 amide bonds. The van der Waals surface area contributed by atoms with Crippen molar-refractivity contribution in [3.8, 4) is 0 Å². The highest BCUT2D eigenvalue weighted by atomic mass is 32.2. The van der Waals surface area contributed by atoms with E-state index in [1.807, 2.05) is 0 Å². The highest BCUT2D eigenvalue weighted by molar-refractivity contribution is 7.99. The Morgan fingerprint density at radius 3 is 2.61 bits per heavy atom. The van der Waals surface area contributed by atoms with Gasteiger partial charge in [-0.3, -0.25) is 4.79 Å². The van der Waals surface area contributed by atoms with Gasteiger partial charge < -0.3 is 10.6 Å². The summed E-state index contributed by atoms with van der Waals surface area (Å²) in [6.45, 7) is 0.109. The molecule has 1 rings (SSSR count). The van der Waals surface area contributed by atoms with Gasteiger partial charge in [0, 0.05) is 4.90 Å². The van der Waals surface area contributed by atoms with E-state index in [2.05, 4.69) is 10.6 Å². The van der Waals surface area contributed by atoms with Gasteiger partial charge in [-0.05, 0) is 19.2 Å². The number of hydrogen-bond acceptors (Lipinski definition) is 3. The Morgan fingerprint density at radius 2 is 2.00 bits per heavy atom. The van der Waals surface area contributed by atoms with Crippen LogP contribution in [0.15, 0.2) is 29.2 Å². The van der Waals surface area contributed by atoms with Crippen LogP contribution < -0.4 is 10.6 Å². The lowest BCUT2D eigenvalue weighted by atomic mass is 10.3. The molecule has 0 unspecified atom stereocenters. The van der Waals surface area contributed by atoms with Crippen LogP contribution in [-0.4, -0.2) is 31.4 Å². The van der Waals surface area contributed by atoms with Crippen LogP contribution in [0.2, 0.25) is 0 Å². The SMILES string of the molecule is CNCC(=O)Nc1ccccc1SCC(F)(F)F. The molecule has 100 valence electrons. The molecule has 0 heterocycles. The first-order valence-electron chi connectivity index (χ1n) is 5.15. The number of likely N-dealkylation sites (N-methyl/N-ethyl adjacent to an activating group) is 1. The third-order valence-electron chi connectivity index (χ3n) is 1.89. The van der Waals surface area contributed by atoms with Crippen molar-refractivity contribution < 1.29 is 18.0 Å². The summed E-state index contributed by atoms with van der Waals surface area (Å²) in [5.74, 6) is -1.27. The zero-order valence-corrected chi connectivity index (χ0v) is 10.5. The summed E-state index contributed by atoms with van der Waals surface area (Å²) in [4.78, 5) is 11.8.